The molecule has 7 aromatic carbocycles. The maximum absolute atomic E-state index is 5.55. The largest absolute Gasteiger partial charge is 0.256 e. The second kappa shape index (κ2) is 13.1. The van der Waals surface area contributed by atoms with Gasteiger partial charge in [0.25, 0.3) is 0 Å². The number of hydrogen-bond donors (Lipinski definition) is 0. The molecule has 0 aliphatic rings. The van der Waals surface area contributed by atoms with Crippen LogP contribution in [-0.2, 0) is 0 Å². The van der Waals surface area contributed by atoms with Crippen molar-refractivity contribution in [1.82, 2.24) is 19.9 Å². The Morgan fingerprint density at radius 1 is 0.286 bits per heavy atom. The molecule has 4 heteroatoms. The van der Waals surface area contributed by atoms with Crippen LogP contribution < -0.4 is 0 Å². The van der Waals surface area contributed by atoms with Gasteiger partial charge in [0, 0.05) is 50.8 Å². The van der Waals surface area contributed by atoms with Gasteiger partial charge < -0.3 is 0 Å². The van der Waals surface area contributed by atoms with Crippen LogP contribution in [0.25, 0.3) is 110 Å². The summed E-state index contributed by atoms with van der Waals surface area (Å²) >= 11 is 0. The van der Waals surface area contributed by atoms with Crippen LogP contribution in [0.1, 0.15) is 0 Å². The first-order chi connectivity index (χ1) is 27.7. The minimum absolute atomic E-state index is 0.839. The summed E-state index contributed by atoms with van der Waals surface area (Å²) in [6.07, 6.45) is 3.80. The predicted octanol–water partition coefficient (Wildman–Crippen LogP) is 13.4. The zero-order valence-electron chi connectivity index (χ0n) is 30.3. The second-order valence-electron chi connectivity index (χ2n) is 14.3. The summed E-state index contributed by atoms with van der Waals surface area (Å²) < 4.78 is 0. The van der Waals surface area contributed by atoms with E-state index < -0.39 is 0 Å². The number of fused-ring (bicyclic) bond motifs is 6. The van der Waals surface area contributed by atoms with Crippen molar-refractivity contribution in [2.75, 3.05) is 0 Å². The van der Waals surface area contributed by atoms with Crippen LogP contribution in [0.5, 0.6) is 0 Å². The fraction of sp³-hybridized carbons (Fsp3) is 0. The standard InChI is InChI=1S/C52H32N4/c1-2-12-37-28-39(24-19-33(37)10-1)48-31-46(49-29-38-13-3-4-14-40(38)32-54-49)44-26-25-43-45(35-20-22-36(23-21-35)47-18-7-8-27-53-47)30-50(56-51(43)52(44)55-48)42-17-9-15-34-11-5-6-16-41(34)42/h1-32H. The zero-order chi connectivity index (χ0) is 37.0. The van der Waals surface area contributed by atoms with Gasteiger partial charge in [0.05, 0.1) is 33.8 Å². The molecule has 0 radical (unpaired) electrons. The minimum atomic E-state index is 0.839. The Morgan fingerprint density at radius 3 is 1.71 bits per heavy atom. The van der Waals surface area contributed by atoms with E-state index in [4.69, 9.17) is 15.0 Å². The second-order valence-corrected chi connectivity index (χ2v) is 14.3. The number of nitrogens with zero attached hydrogens (tertiary/aromatic N) is 4. The summed E-state index contributed by atoms with van der Waals surface area (Å²) in [6.45, 7) is 0. The molecule has 0 saturated carbocycles. The van der Waals surface area contributed by atoms with Crippen LogP contribution in [0.2, 0.25) is 0 Å². The maximum Gasteiger partial charge on any atom is 0.0979 e. The van der Waals surface area contributed by atoms with E-state index in [-0.39, 0.29) is 0 Å². The molecule has 0 amide bonds. The molecule has 0 saturated heterocycles. The molecule has 11 aromatic rings. The molecule has 4 heterocycles. The molecule has 11 rings (SSSR count). The first kappa shape index (κ1) is 31.9. The molecule has 56 heavy (non-hydrogen) atoms. The molecule has 0 unspecified atom stereocenters. The van der Waals surface area contributed by atoms with Crippen LogP contribution in [0.15, 0.2) is 194 Å². The van der Waals surface area contributed by atoms with Crippen molar-refractivity contribution in [3.8, 4) is 56.2 Å². The average molecular weight is 713 g/mol. The van der Waals surface area contributed by atoms with Crippen LogP contribution in [0.3, 0.4) is 0 Å². The molecule has 260 valence electrons. The normalized spacial score (nSPS) is 11.6. The number of pyridine rings is 4. The molecule has 4 nitrogen and oxygen atoms in total. The van der Waals surface area contributed by atoms with Crippen molar-refractivity contribution >= 4 is 54.1 Å². The van der Waals surface area contributed by atoms with Crippen LogP contribution >= 0.6 is 0 Å². The molecule has 0 N–H and O–H groups in total. The van der Waals surface area contributed by atoms with Gasteiger partial charge >= 0.3 is 0 Å². The highest BCUT2D eigenvalue weighted by Gasteiger charge is 2.19. The maximum atomic E-state index is 5.55. The number of benzene rings is 7. The smallest absolute Gasteiger partial charge is 0.0979 e. The fourth-order valence-electron chi connectivity index (χ4n) is 8.09. The highest BCUT2D eigenvalue weighted by atomic mass is 14.8. The monoisotopic (exact) mass is 712 g/mol. The van der Waals surface area contributed by atoms with Gasteiger partial charge in [0.15, 0.2) is 0 Å². The third kappa shape index (κ3) is 5.47. The van der Waals surface area contributed by atoms with Gasteiger partial charge in [-0.25, -0.2) is 9.97 Å². The Balaban J connectivity index is 1.22. The molecular formula is C52H32N4. The van der Waals surface area contributed by atoms with Crippen molar-refractivity contribution < 1.29 is 0 Å². The van der Waals surface area contributed by atoms with E-state index in [9.17, 15) is 0 Å². The summed E-state index contributed by atoms with van der Waals surface area (Å²) in [5.74, 6) is 0. The first-order valence-corrected chi connectivity index (χ1v) is 18.9. The number of aromatic nitrogens is 4. The van der Waals surface area contributed by atoms with Crippen LogP contribution in [-0.4, -0.2) is 19.9 Å². The summed E-state index contributed by atoms with van der Waals surface area (Å²) in [4.78, 5) is 20.7. The molecule has 0 aliphatic carbocycles. The lowest BCUT2D eigenvalue weighted by atomic mass is 9.93. The van der Waals surface area contributed by atoms with Gasteiger partial charge in [-0.05, 0) is 74.5 Å². The molecule has 0 spiro atoms. The third-order valence-corrected chi connectivity index (χ3v) is 10.9. The first-order valence-electron chi connectivity index (χ1n) is 18.9. The molecule has 4 aromatic heterocycles. The lowest BCUT2D eigenvalue weighted by Crippen LogP contribution is -1.97. The van der Waals surface area contributed by atoms with Crippen molar-refractivity contribution in [3.63, 3.8) is 0 Å². The highest BCUT2D eigenvalue weighted by molar-refractivity contribution is 6.14. The summed E-state index contributed by atoms with van der Waals surface area (Å²) in [5.41, 5.74) is 11.7. The Bertz CT molecular complexity index is 3290. The minimum Gasteiger partial charge on any atom is -0.256 e. The third-order valence-electron chi connectivity index (χ3n) is 10.9. The Kier molecular flexibility index (Phi) is 7.46. The summed E-state index contributed by atoms with van der Waals surface area (Å²) in [7, 11) is 0. The van der Waals surface area contributed by atoms with Gasteiger partial charge in [-0.3, -0.25) is 9.97 Å². The van der Waals surface area contributed by atoms with Crippen molar-refractivity contribution in [2.24, 2.45) is 0 Å². The SMILES string of the molecule is c1ccc(-c2ccc(-c3cc(-c4cccc5ccccc45)nc4c3ccc3c(-c5cc6ccccc6cn5)cc(-c5ccc6ccccc6c5)nc34)cc2)nc1. The quantitative estimate of drug-likeness (QED) is 0.167. The lowest BCUT2D eigenvalue weighted by Gasteiger charge is -2.16. The predicted molar refractivity (Wildman–Crippen MR) is 232 cm³/mol. The number of rotatable bonds is 5. The van der Waals surface area contributed by atoms with Gasteiger partial charge in [-0.1, -0.05) is 146 Å². The van der Waals surface area contributed by atoms with E-state index in [1.165, 1.54) is 16.2 Å². The summed E-state index contributed by atoms with van der Waals surface area (Å²) in [6, 6.07) is 64.1. The van der Waals surface area contributed by atoms with E-state index in [0.29, 0.717) is 0 Å². The van der Waals surface area contributed by atoms with E-state index >= 15 is 0 Å². The van der Waals surface area contributed by atoms with E-state index in [1.54, 1.807) is 0 Å². The summed E-state index contributed by atoms with van der Waals surface area (Å²) in [5, 5.41) is 8.98. The lowest BCUT2D eigenvalue weighted by molar-refractivity contribution is 1.33. The topological polar surface area (TPSA) is 51.6 Å². The van der Waals surface area contributed by atoms with Crippen LogP contribution in [0.4, 0.5) is 0 Å². The van der Waals surface area contributed by atoms with Crippen molar-refractivity contribution in [2.45, 2.75) is 0 Å². The molecule has 0 aliphatic heterocycles. The fourth-order valence-corrected chi connectivity index (χ4v) is 8.09. The molecule has 0 fully saturated rings. The molecule has 0 atom stereocenters. The van der Waals surface area contributed by atoms with Gasteiger partial charge in [-0.15, -0.1) is 0 Å². The molecule has 0 bridgehead atoms. The average Bonchev–Trinajstić information content (AvgIpc) is 3.28. The Morgan fingerprint density at radius 2 is 0.911 bits per heavy atom. The zero-order valence-corrected chi connectivity index (χ0v) is 30.3. The van der Waals surface area contributed by atoms with Crippen LogP contribution in [0, 0.1) is 0 Å². The Hall–Kier alpha value is -7.56. The van der Waals surface area contributed by atoms with E-state index in [0.717, 1.165) is 94.1 Å². The van der Waals surface area contributed by atoms with E-state index in [1.807, 2.05) is 30.6 Å². The Labute approximate surface area is 323 Å². The van der Waals surface area contributed by atoms with Gasteiger partial charge in [-0.2, -0.15) is 0 Å². The van der Waals surface area contributed by atoms with Crippen molar-refractivity contribution in [3.05, 3.63) is 194 Å². The highest BCUT2D eigenvalue weighted by Crippen LogP contribution is 2.41. The van der Waals surface area contributed by atoms with E-state index in [2.05, 4.69) is 169 Å². The van der Waals surface area contributed by atoms with Gasteiger partial charge in [0.2, 0.25) is 0 Å². The van der Waals surface area contributed by atoms with Gasteiger partial charge in [0.1, 0.15) is 0 Å². The van der Waals surface area contributed by atoms with Crippen molar-refractivity contribution in [1.29, 1.82) is 0 Å². The molecular weight excluding hydrogens is 681 g/mol. The number of hydrogen-bond acceptors (Lipinski definition) is 4.